The smallest absolute Gasteiger partial charge is 0.247 e. The van der Waals surface area contributed by atoms with Gasteiger partial charge in [-0.15, -0.1) is 0 Å². The van der Waals surface area contributed by atoms with Crippen LogP contribution >= 0.6 is 0 Å². The summed E-state index contributed by atoms with van der Waals surface area (Å²) >= 11 is 0. The van der Waals surface area contributed by atoms with Crippen LogP contribution < -0.4 is 5.32 Å². The number of aliphatic hydroxyl groups excluding tert-OH is 1. The molecule has 0 spiro atoms. The normalized spacial score (nSPS) is 11.9. The molecule has 1 atom stereocenters. The van der Waals surface area contributed by atoms with Crippen molar-refractivity contribution < 1.29 is 19.1 Å². The standard InChI is InChI=1S/C22H27FN2O3/c1-16(2)22(28)25(15-17-9-11-19(23)12-10-17)20(18-7-4-3-5-8-18)21(27)24-13-6-14-26/h3-5,7-12,16,20,26H,6,13-15H2,1-2H3,(H,24,27)/t20-/m1/s1. The maximum absolute atomic E-state index is 13.3. The minimum atomic E-state index is -0.820. The molecule has 5 nitrogen and oxygen atoms in total. The highest BCUT2D eigenvalue weighted by atomic mass is 19.1. The van der Waals surface area contributed by atoms with E-state index < -0.39 is 6.04 Å². The van der Waals surface area contributed by atoms with Gasteiger partial charge < -0.3 is 15.3 Å². The molecular formula is C22H27FN2O3. The van der Waals surface area contributed by atoms with Crippen molar-refractivity contribution in [1.82, 2.24) is 10.2 Å². The summed E-state index contributed by atoms with van der Waals surface area (Å²) in [6.07, 6.45) is 0.434. The minimum absolute atomic E-state index is 0.0273. The van der Waals surface area contributed by atoms with Crippen LogP contribution in [-0.2, 0) is 16.1 Å². The first kappa shape index (κ1) is 21.6. The summed E-state index contributed by atoms with van der Waals surface area (Å²) in [6.45, 7) is 4.04. The molecule has 150 valence electrons. The predicted octanol–water partition coefficient (Wildman–Crippen LogP) is 3.05. The summed E-state index contributed by atoms with van der Waals surface area (Å²) < 4.78 is 13.3. The Morgan fingerprint density at radius 1 is 1.07 bits per heavy atom. The molecule has 0 saturated carbocycles. The second kappa shape index (κ2) is 10.6. The quantitative estimate of drug-likeness (QED) is 0.651. The highest BCUT2D eigenvalue weighted by Crippen LogP contribution is 2.25. The fourth-order valence-electron chi connectivity index (χ4n) is 2.91. The molecule has 28 heavy (non-hydrogen) atoms. The van der Waals surface area contributed by atoms with Gasteiger partial charge in [0.1, 0.15) is 11.9 Å². The number of benzene rings is 2. The monoisotopic (exact) mass is 386 g/mol. The molecule has 0 unspecified atom stereocenters. The lowest BCUT2D eigenvalue weighted by molar-refractivity contribution is -0.144. The lowest BCUT2D eigenvalue weighted by Crippen LogP contribution is -2.45. The minimum Gasteiger partial charge on any atom is -0.396 e. The molecule has 0 saturated heterocycles. The Morgan fingerprint density at radius 2 is 1.71 bits per heavy atom. The number of carbonyl (C=O) groups is 2. The van der Waals surface area contributed by atoms with E-state index in [0.717, 1.165) is 5.56 Å². The van der Waals surface area contributed by atoms with Crippen LogP contribution in [0, 0.1) is 11.7 Å². The third-order valence-corrected chi connectivity index (χ3v) is 4.35. The van der Waals surface area contributed by atoms with Crippen LogP contribution in [0.2, 0.25) is 0 Å². The molecule has 2 aromatic rings. The van der Waals surface area contributed by atoms with Gasteiger partial charge in [0.2, 0.25) is 11.8 Å². The Balaban J connectivity index is 2.39. The van der Waals surface area contributed by atoms with Crippen LogP contribution in [-0.4, -0.2) is 35.0 Å². The second-order valence-electron chi connectivity index (χ2n) is 6.93. The highest BCUT2D eigenvalue weighted by Gasteiger charge is 2.32. The van der Waals surface area contributed by atoms with Gasteiger partial charge in [-0.3, -0.25) is 9.59 Å². The van der Waals surface area contributed by atoms with E-state index in [-0.39, 0.29) is 36.7 Å². The largest absolute Gasteiger partial charge is 0.396 e. The molecule has 0 heterocycles. The fourth-order valence-corrected chi connectivity index (χ4v) is 2.91. The van der Waals surface area contributed by atoms with Crippen LogP contribution in [0.4, 0.5) is 4.39 Å². The molecule has 2 aromatic carbocycles. The Hall–Kier alpha value is -2.73. The van der Waals surface area contributed by atoms with E-state index in [4.69, 9.17) is 5.11 Å². The van der Waals surface area contributed by atoms with Crippen molar-refractivity contribution in [3.8, 4) is 0 Å². The third-order valence-electron chi connectivity index (χ3n) is 4.35. The summed E-state index contributed by atoms with van der Waals surface area (Å²) in [6, 6.07) is 14.2. The average Bonchev–Trinajstić information content (AvgIpc) is 2.69. The first-order valence-corrected chi connectivity index (χ1v) is 9.42. The molecule has 2 rings (SSSR count). The molecule has 6 heteroatoms. The zero-order valence-electron chi connectivity index (χ0n) is 16.3. The third kappa shape index (κ3) is 5.89. The van der Waals surface area contributed by atoms with E-state index in [0.29, 0.717) is 18.5 Å². The lowest BCUT2D eigenvalue weighted by Gasteiger charge is -2.33. The van der Waals surface area contributed by atoms with Crippen LogP contribution in [0.15, 0.2) is 54.6 Å². The molecule has 0 aliphatic heterocycles. The van der Waals surface area contributed by atoms with Gasteiger partial charge in [-0.2, -0.15) is 0 Å². The van der Waals surface area contributed by atoms with Crippen molar-refractivity contribution in [3.05, 3.63) is 71.5 Å². The second-order valence-corrected chi connectivity index (χ2v) is 6.93. The van der Waals surface area contributed by atoms with E-state index in [1.54, 1.807) is 26.0 Å². The number of nitrogens with one attached hydrogen (secondary N) is 1. The van der Waals surface area contributed by atoms with Gasteiger partial charge in [-0.1, -0.05) is 56.3 Å². The number of halogens is 1. The number of aliphatic hydroxyl groups is 1. The number of rotatable bonds is 9. The SMILES string of the molecule is CC(C)C(=O)N(Cc1ccc(F)cc1)[C@@H](C(=O)NCCCO)c1ccccc1. The molecule has 0 aromatic heterocycles. The van der Waals surface area contributed by atoms with Gasteiger partial charge >= 0.3 is 0 Å². The first-order valence-electron chi connectivity index (χ1n) is 9.42. The van der Waals surface area contributed by atoms with E-state index >= 15 is 0 Å². The number of carbonyl (C=O) groups excluding carboxylic acids is 2. The molecule has 2 N–H and O–H groups in total. The Morgan fingerprint density at radius 3 is 2.29 bits per heavy atom. The number of hydrogen-bond acceptors (Lipinski definition) is 3. The summed E-state index contributed by atoms with van der Waals surface area (Å²) in [5.74, 6) is -1.14. The number of hydrogen-bond donors (Lipinski definition) is 2. The molecule has 2 amide bonds. The summed E-state index contributed by atoms with van der Waals surface area (Å²) in [5, 5.41) is 11.8. The zero-order valence-corrected chi connectivity index (χ0v) is 16.3. The van der Waals surface area contributed by atoms with Crippen molar-refractivity contribution in [2.45, 2.75) is 32.9 Å². The van der Waals surface area contributed by atoms with E-state index in [1.807, 2.05) is 30.3 Å². The van der Waals surface area contributed by atoms with Crippen LogP contribution in [0.5, 0.6) is 0 Å². The Labute approximate surface area is 165 Å². The molecule has 0 aliphatic rings. The fraction of sp³-hybridized carbons (Fsp3) is 0.364. The number of nitrogens with zero attached hydrogens (tertiary/aromatic N) is 1. The van der Waals surface area contributed by atoms with Gasteiger partial charge in [-0.25, -0.2) is 4.39 Å². The van der Waals surface area contributed by atoms with Gasteiger partial charge in [-0.05, 0) is 29.7 Å². The van der Waals surface area contributed by atoms with Gasteiger partial charge in [0, 0.05) is 25.6 Å². The van der Waals surface area contributed by atoms with Gasteiger partial charge in [0.05, 0.1) is 0 Å². The predicted molar refractivity (Wildman–Crippen MR) is 106 cm³/mol. The first-order chi connectivity index (χ1) is 13.4. The molecule has 0 radical (unpaired) electrons. The topological polar surface area (TPSA) is 69.6 Å². The van der Waals surface area contributed by atoms with Crippen LogP contribution in [0.25, 0.3) is 0 Å². The van der Waals surface area contributed by atoms with Crippen molar-refractivity contribution in [3.63, 3.8) is 0 Å². The Bertz CT molecular complexity index is 763. The van der Waals surface area contributed by atoms with Gasteiger partial charge in [0.15, 0.2) is 0 Å². The van der Waals surface area contributed by atoms with E-state index in [9.17, 15) is 14.0 Å². The molecule has 0 aliphatic carbocycles. The van der Waals surface area contributed by atoms with Crippen molar-refractivity contribution in [2.24, 2.45) is 5.92 Å². The highest BCUT2D eigenvalue weighted by molar-refractivity contribution is 5.89. The van der Waals surface area contributed by atoms with Crippen molar-refractivity contribution in [1.29, 1.82) is 0 Å². The maximum Gasteiger partial charge on any atom is 0.247 e. The van der Waals surface area contributed by atoms with Crippen molar-refractivity contribution >= 4 is 11.8 Å². The van der Waals surface area contributed by atoms with Gasteiger partial charge in [0.25, 0.3) is 0 Å². The van der Waals surface area contributed by atoms with E-state index in [2.05, 4.69) is 5.32 Å². The Kier molecular flexibility index (Phi) is 8.14. The summed E-state index contributed by atoms with van der Waals surface area (Å²) in [5.41, 5.74) is 1.43. The number of amides is 2. The summed E-state index contributed by atoms with van der Waals surface area (Å²) in [7, 11) is 0. The molecular weight excluding hydrogens is 359 g/mol. The lowest BCUT2D eigenvalue weighted by atomic mass is 10.0. The molecule has 0 fully saturated rings. The maximum atomic E-state index is 13.3. The van der Waals surface area contributed by atoms with Crippen LogP contribution in [0.1, 0.15) is 37.4 Å². The summed E-state index contributed by atoms with van der Waals surface area (Å²) in [4.78, 5) is 27.5. The van der Waals surface area contributed by atoms with Crippen molar-refractivity contribution in [2.75, 3.05) is 13.2 Å². The van der Waals surface area contributed by atoms with E-state index in [1.165, 1.54) is 17.0 Å². The molecule has 0 bridgehead atoms. The zero-order chi connectivity index (χ0) is 20.5. The average molecular weight is 386 g/mol. The van der Waals surface area contributed by atoms with Crippen LogP contribution in [0.3, 0.4) is 0 Å².